The average Bonchev–Trinajstić information content (AvgIpc) is 2.36. The van der Waals surface area contributed by atoms with Crippen molar-refractivity contribution in [1.82, 2.24) is 4.90 Å². The summed E-state index contributed by atoms with van der Waals surface area (Å²) in [6, 6.07) is 6.07. The highest BCUT2D eigenvalue weighted by Gasteiger charge is 2.31. The first-order valence-electron chi connectivity index (χ1n) is 7.05. The van der Waals surface area contributed by atoms with Gasteiger partial charge in [0.2, 0.25) is 0 Å². The molecule has 0 unspecified atom stereocenters. The van der Waals surface area contributed by atoms with Crippen LogP contribution in [0.25, 0.3) is 0 Å². The zero-order chi connectivity index (χ0) is 14.7. The van der Waals surface area contributed by atoms with Gasteiger partial charge in [0.05, 0.1) is 0 Å². The summed E-state index contributed by atoms with van der Waals surface area (Å²) < 4.78 is 11.4. The molecule has 0 bridgehead atoms. The number of carbonyl (C=O) groups is 1. The van der Waals surface area contributed by atoms with E-state index >= 15 is 0 Å². The molecular formula is C16H23NO3. The van der Waals surface area contributed by atoms with E-state index in [4.69, 9.17) is 9.47 Å². The Kier molecular flexibility index (Phi) is 4.65. The summed E-state index contributed by atoms with van der Waals surface area (Å²) >= 11 is 0. The van der Waals surface area contributed by atoms with Gasteiger partial charge in [-0.3, -0.25) is 4.79 Å². The summed E-state index contributed by atoms with van der Waals surface area (Å²) in [5, 5.41) is 0. The number of aryl methyl sites for hydroxylation is 2. The normalized spacial score (nSPS) is 23.4. The molecule has 0 aliphatic carbocycles. The van der Waals surface area contributed by atoms with Crippen LogP contribution in [0.2, 0.25) is 0 Å². The molecule has 20 heavy (non-hydrogen) atoms. The van der Waals surface area contributed by atoms with Gasteiger partial charge < -0.3 is 14.4 Å². The number of hydrogen-bond donors (Lipinski definition) is 0. The fourth-order valence-corrected chi connectivity index (χ4v) is 2.47. The van der Waals surface area contributed by atoms with Crippen LogP contribution in [0.1, 0.15) is 24.5 Å². The van der Waals surface area contributed by atoms with E-state index in [0.717, 1.165) is 25.3 Å². The highest BCUT2D eigenvalue weighted by molar-refractivity contribution is 5.66. The van der Waals surface area contributed by atoms with Crippen LogP contribution in [0.4, 0.5) is 0 Å². The van der Waals surface area contributed by atoms with Gasteiger partial charge in [0.25, 0.3) is 0 Å². The number of ether oxygens (including phenoxy) is 2. The van der Waals surface area contributed by atoms with E-state index in [9.17, 15) is 4.79 Å². The van der Waals surface area contributed by atoms with Crippen LogP contribution in [-0.4, -0.2) is 43.2 Å². The fraction of sp³-hybridized carbons (Fsp3) is 0.562. The zero-order valence-electron chi connectivity index (χ0n) is 12.7. The summed E-state index contributed by atoms with van der Waals surface area (Å²) in [5.74, 6) is 0.596. The van der Waals surface area contributed by atoms with Crippen molar-refractivity contribution >= 4 is 5.97 Å². The molecule has 4 nitrogen and oxygen atoms in total. The molecular weight excluding hydrogens is 254 g/mol. The van der Waals surface area contributed by atoms with Gasteiger partial charge in [-0.15, -0.1) is 0 Å². The molecule has 0 radical (unpaired) electrons. The largest absolute Gasteiger partial charge is 0.486 e. The molecule has 1 aliphatic rings. The molecule has 1 saturated heterocycles. The molecule has 1 heterocycles. The van der Waals surface area contributed by atoms with E-state index in [-0.39, 0.29) is 18.2 Å². The minimum Gasteiger partial charge on any atom is -0.486 e. The molecule has 2 atom stereocenters. The molecule has 0 aromatic heterocycles. The van der Waals surface area contributed by atoms with Crippen LogP contribution < -0.4 is 4.74 Å². The van der Waals surface area contributed by atoms with Crippen LogP contribution in [0, 0.1) is 13.8 Å². The van der Waals surface area contributed by atoms with Gasteiger partial charge in [-0.2, -0.15) is 0 Å². The van der Waals surface area contributed by atoms with Crippen molar-refractivity contribution in [2.24, 2.45) is 0 Å². The SMILES string of the molecule is CC(=O)O[C@H]1CN(C)CC[C@@H]1Oc1ccc(C)c(C)c1. The Labute approximate surface area is 120 Å². The van der Waals surface area contributed by atoms with Gasteiger partial charge in [0, 0.05) is 26.4 Å². The molecule has 1 aromatic carbocycles. The molecule has 0 amide bonds. The Morgan fingerprint density at radius 3 is 2.65 bits per heavy atom. The quantitative estimate of drug-likeness (QED) is 0.795. The fourth-order valence-electron chi connectivity index (χ4n) is 2.47. The maximum Gasteiger partial charge on any atom is 0.303 e. The number of hydrogen-bond acceptors (Lipinski definition) is 4. The topological polar surface area (TPSA) is 38.8 Å². The Morgan fingerprint density at radius 1 is 1.25 bits per heavy atom. The third-order valence-corrected chi connectivity index (χ3v) is 3.78. The van der Waals surface area contributed by atoms with Crippen LogP contribution in [0.5, 0.6) is 5.75 Å². The number of esters is 1. The Morgan fingerprint density at radius 2 is 2.00 bits per heavy atom. The Bertz CT molecular complexity index is 487. The number of likely N-dealkylation sites (tertiary alicyclic amines) is 1. The predicted octanol–water partition coefficient (Wildman–Crippen LogP) is 2.32. The molecule has 0 N–H and O–H groups in total. The second-order valence-corrected chi connectivity index (χ2v) is 5.60. The standard InChI is InChI=1S/C16H23NO3/c1-11-5-6-14(9-12(11)2)20-15-7-8-17(4)10-16(15)19-13(3)18/h5-6,9,15-16H,7-8,10H2,1-4H3/t15-,16-/m0/s1. The van der Waals surface area contributed by atoms with E-state index < -0.39 is 0 Å². The van der Waals surface area contributed by atoms with Crippen molar-refractivity contribution < 1.29 is 14.3 Å². The molecule has 1 aliphatic heterocycles. The second kappa shape index (κ2) is 6.27. The molecule has 110 valence electrons. The minimum atomic E-state index is -0.251. The van der Waals surface area contributed by atoms with Crippen molar-refractivity contribution in [1.29, 1.82) is 0 Å². The highest BCUT2D eigenvalue weighted by Crippen LogP contribution is 2.23. The van der Waals surface area contributed by atoms with Crippen molar-refractivity contribution in [2.45, 2.75) is 39.4 Å². The molecule has 0 spiro atoms. The minimum absolute atomic E-state index is 0.0720. The predicted molar refractivity (Wildman–Crippen MR) is 78.0 cm³/mol. The van der Waals surface area contributed by atoms with Crippen LogP contribution in [0.15, 0.2) is 18.2 Å². The summed E-state index contributed by atoms with van der Waals surface area (Å²) in [5.41, 5.74) is 2.46. The third-order valence-electron chi connectivity index (χ3n) is 3.78. The lowest BCUT2D eigenvalue weighted by Gasteiger charge is -2.36. The third kappa shape index (κ3) is 3.73. The van der Waals surface area contributed by atoms with Crippen LogP contribution in [0.3, 0.4) is 0 Å². The smallest absolute Gasteiger partial charge is 0.303 e. The number of nitrogens with zero attached hydrogens (tertiary/aromatic N) is 1. The Balaban J connectivity index is 2.08. The monoisotopic (exact) mass is 277 g/mol. The number of piperidine rings is 1. The van der Waals surface area contributed by atoms with Gasteiger partial charge in [-0.1, -0.05) is 6.07 Å². The summed E-state index contributed by atoms with van der Waals surface area (Å²) in [7, 11) is 2.03. The van der Waals surface area contributed by atoms with E-state index in [1.807, 2.05) is 19.2 Å². The van der Waals surface area contributed by atoms with Gasteiger partial charge in [-0.25, -0.2) is 0 Å². The van der Waals surface area contributed by atoms with E-state index in [1.165, 1.54) is 18.1 Å². The summed E-state index contributed by atoms with van der Waals surface area (Å²) in [4.78, 5) is 13.4. The lowest BCUT2D eigenvalue weighted by atomic mass is 10.0. The molecule has 0 saturated carbocycles. The van der Waals surface area contributed by atoms with Crippen molar-refractivity contribution in [3.05, 3.63) is 29.3 Å². The average molecular weight is 277 g/mol. The number of benzene rings is 1. The number of likely N-dealkylation sites (N-methyl/N-ethyl adjacent to an activating group) is 1. The van der Waals surface area contributed by atoms with Crippen molar-refractivity contribution in [3.8, 4) is 5.75 Å². The maximum atomic E-state index is 11.2. The first-order valence-corrected chi connectivity index (χ1v) is 7.05. The van der Waals surface area contributed by atoms with E-state index in [2.05, 4.69) is 24.8 Å². The molecule has 1 aromatic rings. The highest BCUT2D eigenvalue weighted by atomic mass is 16.6. The first-order chi connectivity index (χ1) is 9.45. The van der Waals surface area contributed by atoms with Gasteiger partial charge >= 0.3 is 5.97 Å². The Hall–Kier alpha value is -1.55. The maximum absolute atomic E-state index is 11.2. The molecule has 2 rings (SSSR count). The lowest BCUT2D eigenvalue weighted by molar-refractivity contribution is -0.155. The van der Waals surface area contributed by atoms with Gasteiger partial charge in [0.1, 0.15) is 11.9 Å². The lowest BCUT2D eigenvalue weighted by Crippen LogP contribution is -2.49. The number of carbonyl (C=O) groups excluding carboxylic acids is 1. The molecule has 4 heteroatoms. The second-order valence-electron chi connectivity index (χ2n) is 5.60. The van der Waals surface area contributed by atoms with E-state index in [1.54, 1.807) is 0 Å². The summed E-state index contributed by atoms with van der Waals surface area (Å²) in [6.45, 7) is 7.26. The van der Waals surface area contributed by atoms with Gasteiger partial charge in [-0.05, 0) is 44.2 Å². The van der Waals surface area contributed by atoms with Crippen molar-refractivity contribution in [2.75, 3.05) is 20.1 Å². The summed E-state index contributed by atoms with van der Waals surface area (Å²) in [6.07, 6.45) is 0.589. The molecule has 1 fully saturated rings. The van der Waals surface area contributed by atoms with Crippen molar-refractivity contribution in [3.63, 3.8) is 0 Å². The van der Waals surface area contributed by atoms with Gasteiger partial charge in [0.15, 0.2) is 6.10 Å². The van der Waals surface area contributed by atoms with Crippen LogP contribution >= 0.6 is 0 Å². The van der Waals surface area contributed by atoms with E-state index in [0.29, 0.717) is 0 Å². The van der Waals surface area contributed by atoms with Crippen LogP contribution in [-0.2, 0) is 9.53 Å². The number of rotatable bonds is 3. The first kappa shape index (κ1) is 14.9. The zero-order valence-corrected chi connectivity index (χ0v) is 12.7.